The molecule has 2 rings (SSSR count). The minimum atomic E-state index is 0.537. The minimum Gasteiger partial charge on any atom is -0.372 e. The van der Waals surface area contributed by atoms with Gasteiger partial charge in [-0.25, -0.2) is 0 Å². The van der Waals surface area contributed by atoms with E-state index < -0.39 is 0 Å². The number of ether oxygens (including phenoxy) is 1. The smallest absolute Gasteiger partial charge is 0.0707 e. The van der Waals surface area contributed by atoms with Crippen molar-refractivity contribution >= 4 is 0 Å². The topological polar surface area (TPSA) is 24.5 Å². The van der Waals surface area contributed by atoms with Gasteiger partial charge in [-0.05, 0) is 38.1 Å². The van der Waals surface area contributed by atoms with E-state index in [1.165, 1.54) is 38.8 Å². The average Bonchev–Trinajstić information content (AvgIpc) is 2.63. The van der Waals surface area contributed by atoms with E-state index in [-0.39, 0.29) is 0 Å². The lowest BCUT2D eigenvalue weighted by atomic mass is 10.1. The van der Waals surface area contributed by atoms with E-state index in [0.717, 1.165) is 25.6 Å². The van der Waals surface area contributed by atoms with Gasteiger partial charge in [0.05, 0.1) is 12.2 Å². The van der Waals surface area contributed by atoms with Crippen molar-refractivity contribution in [2.24, 2.45) is 5.92 Å². The van der Waals surface area contributed by atoms with Gasteiger partial charge in [0.25, 0.3) is 0 Å². The molecular weight excluding hydrogens is 212 g/mol. The van der Waals surface area contributed by atoms with Gasteiger partial charge in [0.2, 0.25) is 0 Å². The van der Waals surface area contributed by atoms with Gasteiger partial charge in [-0.1, -0.05) is 13.8 Å². The van der Waals surface area contributed by atoms with Crippen molar-refractivity contribution in [2.45, 2.75) is 51.7 Å². The van der Waals surface area contributed by atoms with Crippen LogP contribution in [0.4, 0.5) is 0 Å². The lowest BCUT2D eigenvalue weighted by molar-refractivity contribution is -0.0376. The van der Waals surface area contributed by atoms with E-state index in [1.807, 2.05) is 0 Å². The highest BCUT2D eigenvalue weighted by Crippen LogP contribution is 2.25. The third-order valence-electron chi connectivity index (χ3n) is 3.86. The Kier molecular flexibility index (Phi) is 5.26. The standard InChI is InChI=1S/C14H28N2O/c1-12(2)4-3-7-15-8-9-16-10-13-5-6-14(11-16)17-13/h12-15H,3-11H2,1-2H3. The van der Waals surface area contributed by atoms with Crippen molar-refractivity contribution in [3.8, 4) is 0 Å². The van der Waals surface area contributed by atoms with E-state index in [4.69, 9.17) is 4.74 Å². The highest BCUT2D eigenvalue weighted by molar-refractivity contribution is 4.84. The number of nitrogens with zero attached hydrogens (tertiary/aromatic N) is 1. The molecule has 2 atom stereocenters. The fourth-order valence-electron chi connectivity index (χ4n) is 2.88. The van der Waals surface area contributed by atoms with Gasteiger partial charge >= 0.3 is 0 Å². The molecule has 0 amide bonds. The predicted molar refractivity (Wildman–Crippen MR) is 71.3 cm³/mol. The van der Waals surface area contributed by atoms with Crippen LogP contribution in [-0.2, 0) is 4.74 Å². The molecule has 2 heterocycles. The fraction of sp³-hybridized carbons (Fsp3) is 1.00. The number of hydrogen-bond donors (Lipinski definition) is 1. The van der Waals surface area contributed by atoms with Crippen LogP contribution in [0, 0.1) is 5.92 Å². The Morgan fingerprint density at radius 3 is 2.53 bits per heavy atom. The summed E-state index contributed by atoms with van der Waals surface area (Å²) in [7, 11) is 0. The molecule has 0 aliphatic carbocycles. The summed E-state index contributed by atoms with van der Waals surface area (Å²) in [5.41, 5.74) is 0. The van der Waals surface area contributed by atoms with Gasteiger partial charge in [-0.3, -0.25) is 4.90 Å². The fourth-order valence-corrected chi connectivity index (χ4v) is 2.88. The normalized spacial score (nSPS) is 29.1. The van der Waals surface area contributed by atoms with Gasteiger partial charge in [-0.2, -0.15) is 0 Å². The molecule has 0 saturated carbocycles. The van der Waals surface area contributed by atoms with Crippen LogP contribution in [0.25, 0.3) is 0 Å². The van der Waals surface area contributed by atoms with Gasteiger partial charge < -0.3 is 10.1 Å². The summed E-state index contributed by atoms with van der Waals surface area (Å²) in [6.07, 6.45) is 6.29. The summed E-state index contributed by atoms with van der Waals surface area (Å²) in [6, 6.07) is 0. The van der Waals surface area contributed by atoms with Crippen LogP contribution in [-0.4, -0.2) is 49.8 Å². The molecule has 3 nitrogen and oxygen atoms in total. The van der Waals surface area contributed by atoms with Crippen LogP contribution in [0.2, 0.25) is 0 Å². The van der Waals surface area contributed by atoms with Crippen LogP contribution in [0.1, 0.15) is 39.5 Å². The minimum absolute atomic E-state index is 0.537. The van der Waals surface area contributed by atoms with E-state index in [0.29, 0.717) is 12.2 Å². The number of likely N-dealkylation sites (tertiary alicyclic amines) is 1. The molecule has 0 aromatic heterocycles. The van der Waals surface area contributed by atoms with E-state index >= 15 is 0 Å². The lowest BCUT2D eigenvalue weighted by Gasteiger charge is -2.32. The van der Waals surface area contributed by atoms with Crippen molar-refractivity contribution in [3.63, 3.8) is 0 Å². The second-order valence-electron chi connectivity index (χ2n) is 6.00. The van der Waals surface area contributed by atoms with Crippen molar-refractivity contribution in [1.82, 2.24) is 10.2 Å². The lowest BCUT2D eigenvalue weighted by Crippen LogP contribution is -2.45. The van der Waals surface area contributed by atoms with Crippen molar-refractivity contribution in [3.05, 3.63) is 0 Å². The summed E-state index contributed by atoms with van der Waals surface area (Å²) in [6.45, 7) is 10.4. The Balaban J connectivity index is 1.48. The van der Waals surface area contributed by atoms with Gasteiger partial charge in [0.1, 0.15) is 0 Å². The molecule has 0 spiro atoms. The Labute approximate surface area is 106 Å². The molecule has 100 valence electrons. The zero-order valence-electron chi connectivity index (χ0n) is 11.5. The van der Waals surface area contributed by atoms with Crippen molar-refractivity contribution in [1.29, 1.82) is 0 Å². The van der Waals surface area contributed by atoms with Crippen molar-refractivity contribution < 1.29 is 4.74 Å². The zero-order valence-corrected chi connectivity index (χ0v) is 11.5. The SMILES string of the molecule is CC(C)CCCNCCN1CC2CCC(C1)O2. The third kappa shape index (κ3) is 4.57. The third-order valence-corrected chi connectivity index (χ3v) is 3.86. The largest absolute Gasteiger partial charge is 0.372 e. The maximum Gasteiger partial charge on any atom is 0.0707 e. The summed E-state index contributed by atoms with van der Waals surface area (Å²) >= 11 is 0. The molecule has 3 heteroatoms. The Morgan fingerprint density at radius 1 is 1.18 bits per heavy atom. The highest BCUT2D eigenvalue weighted by Gasteiger charge is 2.33. The van der Waals surface area contributed by atoms with Crippen LogP contribution in [0.15, 0.2) is 0 Å². The second kappa shape index (κ2) is 6.72. The molecule has 2 unspecified atom stereocenters. The molecule has 17 heavy (non-hydrogen) atoms. The summed E-state index contributed by atoms with van der Waals surface area (Å²) in [5.74, 6) is 0.840. The van der Waals surface area contributed by atoms with Crippen LogP contribution in [0.3, 0.4) is 0 Å². The molecule has 2 aliphatic heterocycles. The monoisotopic (exact) mass is 240 g/mol. The number of nitrogens with one attached hydrogen (secondary N) is 1. The number of fused-ring (bicyclic) bond motifs is 2. The van der Waals surface area contributed by atoms with Crippen molar-refractivity contribution in [2.75, 3.05) is 32.7 Å². The maximum absolute atomic E-state index is 5.84. The van der Waals surface area contributed by atoms with Crippen LogP contribution >= 0.6 is 0 Å². The first-order valence-corrected chi connectivity index (χ1v) is 7.32. The first kappa shape index (κ1) is 13.3. The zero-order chi connectivity index (χ0) is 12.1. The molecule has 2 bridgehead atoms. The molecule has 2 saturated heterocycles. The van der Waals surface area contributed by atoms with E-state index in [2.05, 4.69) is 24.1 Å². The van der Waals surface area contributed by atoms with E-state index in [1.54, 1.807) is 0 Å². The first-order chi connectivity index (χ1) is 8.24. The Bertz CT molecular complexity index is 208. The summed E-state index contributed by atoms with van der Waals surface area (Å²) < 4.78 is 5.84. The highest BCUT2D eigenvalue weighted by atomic mass is 16.5. The van der Waals surface area contributed by atoms with Crippen LogP contribution in [0.5, 0.6) is 0 Å². The van der Waals surface area contributed by atoms with Gasteiger partial charge in [0.15, 0.2) is 0 Å². The Morgan fingerprint density at radius 2 is 1.88 bits per heavy atom. The quantitative estimate of drug-likeness (QED) is 0.688. The number of rotatable bonds is 7. The van der Waals surface area contributed by atoms with Crippen LogP contribution < -0.4 is 5.32 Å². The van der Waals surface area contributed by atoms with Gasteiger partial charge in [0, 0.05) is 26.2 Å². The molecule has 2 fully saturated rings. The molecule has 1 N–H and O–H groups in total. The van der Waals surface area contributed by atoms with Gasteiger partial charge in [-0.15, -0.1) is 0 Å². The first-order valence-electron chi connectivity index (χ1n) is 7.32. The molecule has 0 aromatic rings. The average molecular weight is 240 g/mol. The molecule has 0 aromatic carbocycles. The number of hydrogen-bond acceptors (Lipinski definition) is 3. The second-order valence-corrected chi connectivity index (χ2v) is 6.00. The predicted octanol–water partition coefficient (Wildman–Crippen LogP) is 1.88. The molecule has 2 aliphatic rings. The molecular formula is C14H28N2O. The summed E-state index contributed by atoms with van der Waals surface area (Å²) in [4.78, 5) is 2.57. The number of morpholine rings is 1. The summed E-state index contributed by atoms with van der Waals surface area (Å²) in [5, 5.41) is 3.56. The van der Waals surface area contributed by atoms with E-state index in [9.17, 15) is 0 Å². The maximum atomic E-state index is 5.84. The Hall–Kier alpha value is -0.120. The molecule has 0 radical (unpaired) electrons.